The molecule has 0 spiro atoms. The molecule has 0 fully saturated rings. The predicted molar refractivity (Wildman–Crippen MR) is 79.0 cm³/mol. The summed E-state index contributed by atoms with van der Waals surface area (Å²) in [4.78, 5) is 23.6. The molecule has 1 aromatic heterocycles. The van der Waals surface area contributed by atoms with Crippen LogP contribution in [0, 0.1) is 11.3 Å². The summed E-state index contributed by atoms with van der Waals surface area (Å²) < 4.78 is 6.75. The van der Waals surface area contributed by atoms with E-state index in [2.05, 4.69) is 5.32 Å². The summed E-state index contributed by atoms with van der Waals surface area (Å²) >= 11 is 0. The van der Waals surface area contributed by atoms with Gasteiger partial charge in [-0.05, 0) is 25.0 Å². The molecule has 1 amide bonds. The Morgan fingerprint density at radius 3 is 3.00 bits per heavy atom. The van der Waals surface area contributed by atoms with Gasteiger partial charge in [0, 0.05) is 25.7 Å². The zero-order valence-electron chi connectivity index (χ0n) is 12.3. The van der Waals surface area contributed by atoms with Gasteiger partial charge in [0.25, 0.3) is 11.5 Å². The first kappa shape index (κ1) is 16.8. The van der Waals surface area contributed by atoms with E-state index in [0.717, 1.165) is 12.8 Å². The first-order valence-corrected chi connectivity index (χ1v) is 7.15. The number of hydrogen-bond acceptors (Lipinski definition) is 4. The highest BCUT2D eigenvalue weighted by Gasteiger charge is 2.07. The molecule has 6 nitrogen and oxygen atoms in total. The number of ether oxygens (including phenoxy) is 1. The van der Waals surface area contributed by atoms with E-state index in [1.54, 1.807) is 18.3 Å². The van der Waals surface area contributed by atoms with Crippen LogP contribution in [0.5, 0.6) is 5.75 Å². The number of nitrogens with zero attached hydrogens (tertiary/aromatic N) is 2. The molecule has 21 heavy (non-hydrogen) atoms. The van der Waals surface area contributed by atoms with Crippen LogP contribution >= 0.6 is 0 Å². The Bertz CT molecular complexity index is 546. The molecule has 0 saturated heterocycles. The van der Waals surface area contributed by atoms with Crippen molar-refractivity contribution in [3.05, 3.63) is 28.7 Å². The zero-order chi connectivity index (χ0) is 15.5. The maximum atomic E-state index is 12.1. The van der Waals surface area contributed by atoms with Crippen molar-refractivity contribution < 1.29 is 9.53 Å². The Balaban J connectivity index is 2.52. The van der Waals surface area contributed by atoms with E-state index >= 15 is 0 Å². The minimum absolute atomic E-state index is 0.153. The Morgan fingerprint density at radius 1 is 1.48 bits per heavy atom. The smallest absolute Gasteiger partial charge is 0.292 e. The summed E-state index contributed by atoms with van der Waals surface area (Å²) in [5, 5.41) is 11.2. The van der Waals surface area contributed by atoms with Crippen LogP contribution in [-0.4, -0.2) is 23.6 Å². The molecule has 0 bridgehead atoms. The van der Waals surface area contributed by atoms with Crippen molar-refractivity contribution in [2.75, 3.05) is 13.2 Å². The summed E-state index contributed by atoms with van der Waals surface area (Å²) in [7, 11) is 0. The quantitative estimate of drug-likeness (QED) is 0.698. The highest BCUT2D eigenvalue weighted by atomic mass is 16.5. The average Bonchev–Trinajstić information content (AvgIpc) is 2.48. The number of aromatic nitrogens is 1. The molecule has 0 aliphatic rings. The third-order valence-corrected chi connectivity index (χ3v) is 2.88. The van der Waals surface area contributed by atoms with E-state index in [0.29, 0.717) is 25.9 Å². The Hall–Kier alpha value is -2.29. The van der Waals surface area contributed by atoms with Crippen molar-refractivity contribution in [3.8, 4) is 11.8 Å². The Kier molecular flexibility index (Phi) is 7.65. The van der Waals surface area contributed by atoms with Crippen LogP contribution in [0.25, 0.3) is 0 Å². The predicted octanol–water partition coefficient (Wildman–Crippen LogP) is 1.45. The van der Waals surface area contributed by atoms with Crippen LogP contribution in [0.1, 0.15) is 32.6 Å². The molecule has 0 aromatic carbocycles. The van der Waals surface area contributed by atoms with Gasteiger partial charge < -0.3 is 14.6 Å². The van der Waals surface area contributed by atoms with E-state index in [4.69, 9.17) is 10.00 Å². The highest BCUT2D eigenvalue weighted by molar-refractivity contribution is 5.77. The number of pyridine rings is 1. The second-order valence-electron chi connectivity index (χ2n) is 4.62. The number of nitriles is 1. The fraction of sp³-hybridized carbons (Fsp3) is 0.533. The molecule has 1 heterocycles. The Labute approximate surface area is 124 Å². The van der Waals surface area contributed by atoms with Crippen molar-refractivity contribution in [1.82, 2.24) is 9.88 Å². The van der Waals surface area contributed by atoms with Crippen LogP contribution in [0.15, 0.2) is 23.1 Å². The third-order valence-electron chi connectivity index (χ3n) is 2.88. The molecule has 0 atom stereocenters. The van der Waals surface area contributed by atoms with Gasteiger partial charge in [-0.25, -0.2) is 0 Å². The number of aryl methyl sites for hydroxylation is 1. The molecule has 114 valence electrons. The summed E-state index contributed by atoms with van der Waals surface area (Å²) in [6, 6.07) is 5.27. The normalized spacial score (nSPS) is 9.90. The fourth-order valence-corrected chi connectivity index (χ4v) is 1.73. The van der Waals surface area contributed by atoms with Crippen LogP contribution < -0.4 is 15.6 Å². The maximum absolute atomic E-state index is 12.1. The van der Waals surface area contributed by atoms with Crippen molar-refractivity contribution in [2.24, 2.45) is 0 Å². The van der Waals surface area contributed by atoms with Gasteiger partial charge in [-0.3, -0.25) is 9.59 Å². The number of unbranched alkanes of at least 4 members (excludes halogenated alkanes) is 2. The molecule has 1 aromatic rings. The van der Waals surface area contributed by atoms with Crippen LogP contribution in [-0.2, 0) is 11.3 Å². The molecule has 0 radical (unpaired) electrons. The van der Waals surface area contributed by atoms with Gasteiger partial charge in [-0.15, -0.1) is 0 Å². The van der Waals surface area contributed by atoms with Crippen molar-refractivity contribution in [2.45, 2.75) is 39.2 Å². The fourth-order valence-electron chi connectivity index (χ4n) is 1.73. The van der Waals surface area contributed by atoms with E-state index in [-0.39, 0.29) is 23.8 Å². The lowest BCUT2D eigenvalue weighted by atomic mass is 10.3. The van der Waals surface area contributed by atoms with Crippen molar-refractivity contribution >= 4 is 5.91 Å². The van der Waals surface area contributed by atoms with Crippen molar-refractivity contribution in [3.63, 3.8) is 0 Å². The van der Waals surface area contributed by atoms with E-state index in [1.165, 1.54) is 4.57 Å². The minimum atomic E-state index is -0.281. The van der Waals surface area contributed by atoms with E-state index < -0.39 is 0 Å². The molecule has 0 aliphatic heterocycles. The highest BCUT2D eigenvalue weighted by Crippen LogP contribution is 2.03. The summed E-state index contributed by atoms with van der Waals surface area (Å²) in [5.41, 5.74) is -0.281. The van der Waals surface area contributed by atoms with Gasteiger partial charge in [0.2, 0.25) is 0 Å². The summed E-state index contributed by atoms with van der Waals surface area (Å²) in [6.45, 7) is 2.96. The molecule has 0 unspecified atom stereocenters. The van der Waals surface area contributed by atoms with Gasteiger partial charge in [-0.1, -0.05) is 13.3 Å². The number of carbonyl (C=O) groups excluding carboxylic acids is 1. The lowest BCUT2D eigenvalue weighted by molar-refractivity contribution is -0.123. The number of amides is 1. The van der Waals surface area contributed by atoms with Gasteiger partial charge >= 0.3 is 0 Å². The largest absolute Gasteiger partial charge is 0.478 e. The number of nitrogens with one attached hydrogen (secondary N) is 1. The molecular weight excluding hydrogens is 270 g/mol. The van der Waals surface area contributed by atoms with E-state index in [9.17, 15) is 9.59 Å². The van der Waals surface area contributed by atoms with Gasteiger partial charge in [0.1, 0.15) is 0 Å². The SMILES string of the molecule is CCCCNC(=O)COc1cccn(CCCC#N)c1=O. The minimum Gasteiger partial charge on any atom is -0.478 e. The number of carbonyl (C=O) groups is 1. The Morgan fingerprint density at radius 2 is 2.29 bits per heavy atom. The summed E-state index contributed by atoms with van der Waals surface area (Å²) in [6.07, 6.45) is 4.58. The topological polar surface area (TPSA) is 84.1 Å². The second-order valence-corrected chi connectivity index (χ2v) is 4.62. The molecule has 1 N–H and O–H groups in total. The maximum Gasteiger partial charge on any atom is 0.292 e. The van der Waals surface area contributed by atoms with Crippen molar-refractivity contribution in [1.29, 1.82) is 5.26 Å². The monoisotopic (exact) mass is 291 g/mol. The van der Waals surface area contributed by atoms with Gasteiger partial charge in [-0.2, -0.15) is 5.26 Å². The average molecular weight is 291 g/mol. The molecule has 6 heteroatoms. The first-order chi connectivity index (χ1) is 10.2. The van der Waals surface area contributed by atoms with Crippen LogP contribution in [0.4, 0.5) is 0 Å². The lowest BCUT2D eigenvalue weighted by Gasteiger charge is -2.09. The van der Waals surface area contributed by atoms with Crippen LogP contribution in [0.2, 0.25) is 0 Å². The van der Waals surface area contributed by atoms with Crippen LogP contribution in [0.3, 0.4) is 0 Å². The standard InChI is InChI=1S/C15H21N3O3/c1-2-3-9-17-14(19)12-21-13-7-6-11-18(15(13)20)10-5-4-8-16/h6-7,11H,2-5,9-10,12H2,1H3,(H,17,19). The number of hydrogen-bond donors (Lipinski definition) is 1. The van der Waals surface area contributed by atoms with Gasteiger partial charge in [0.05, 0.1) is 6.07 Å². The number of rotatable bonds is 9. The first-order valence-electron chi connectivity index (χ1n) is 7.15. The molecule has 1 rings (SSSR count). The van der Waals surface area contributed by atoms with Gasteiger partial charge in [0.15, 0.2) is 12.4 Å². The molecule has 0 aliphatic carbocycles. The molecule has 0 saturated carbocycles. The summed E-state index contributed by atoms with van der Waals surface area (Å²) in [5.74, 6) is -0.0807. The lowest BCUT2D eigenvalue weighted by Crippen LogP contribution is -2.31. The second kappa shape index (κ2) is 9.59. The molecular formula is C15H21N3O3. The zero-order valence-corrected chi connectivity index (χ0v) is 12.3. The van der Waals surface area contributed by atoms with E-state index in [1.807, 2.05) is 13.0 Å². The third kappa shape index (κ3) is 6.13.